The second-order valence-electron chi connectivity index (χ2n) is 5.66. The fourth-order valence-electron chi connectivity index (χ4n) is 2.58. The summed E-state index contributed by atoms with van der Waals surface area (Å²) in [5, 5.41) is 4.33. The number of unbranched alkanes of at least 4 members (excludes halogenated alkanes) is 7. The summed E-state index contributed by atoms with van der Waals surface area (Å²) < 4.78 is 1.75. The maximum absolute atomic E-state index is 12.2. The second kappa shape index (κ2) is 9.73. The quantitative estimate of drug-likeness (QED) is 0.434. The highest BCUT2D eigenvalue weighted by molar-refractivity contribution is 5.96. The predicted octanol–water partition coefficient (Wildman–Crippen LogP) is 4.70. The van der Waals surface area contributed by atoms with E-state index in [9.17, 15) is 4.79 Å². The van der Waals surface area contributed by atoms with E-state index in [1.807, 2.05) is 13.2 Å². The Balaban J connectivity index is 2.17. The normalized spacial score (nSPS) is 10.9. The van der Waals surface area contributed by atoms with E-state index in [0.717, 1.165) is 24.1 Å². The van der Waals surface area contributed by atoms with Crippen molar-refractivity contribution in [2.45, 2.75) is 78.1 Å². The number of hydrogen-bond donors (Lipinski definition) is 0. The van der Waals surface area contributed by atoms with Crippen molar-refractivity contribution in [1.82, 2.24) is 9.78 Å². The van der Waals surface area contributed by atoms with E-state index in [1.165, 1.54) is 44.9 Å². The van der Waals surface area contributed by atoms with Gasteiger partial charge in [-0.3, -0.25) is 9.48 Å². The molecule has 0 aliphatic rings. The Morgan fingerprint density at radius 3 is 2.25 bits per heavy atom. The van der Waals surface area contributed by atoms with Gasteiger partial charge in [0.2, 0.25) is 0 Å². The fourth-order valence-corrected chi connectivity index (χ4v) is 2.58. The molecule has 0 atom stereocenters. The Labute approximate surface area is 123 Å². The van der Waals surface area contributed by atoms with E-state index < -0.39 is 0 Å². The summed E-state index contributed by atoms with van der Waals surface area (Å²) in [6.07, 6.45) is 13.5. The van der Waals surface area contributed by atoms with Gasteiger partial charge in [-0.15, -0.1) is 0 Å². The molecular weight excluding hydrogens is 248 g/mol. The third kappa shape index (κ3) is 5.89. The third-order valence-corrected chi connectivity index (χ3v) is 3.80. The zero-order chi connectivity index (χ0) is 14.8. The molecule has 0 N–H and O–H groups in total. The molecule has 1 aromatic heterocycles. The molecule has 0 spiro atoms. The van der Waals surface area contributed by atoms with Crippen molar-refractivity contribution < 1.29 is 4.79 Å². The molecule has 0 unspecified atom stereocenters. The molecule has 1 heterocycles. The summed E-state index contributed by atoms with van der Waals surface area (Å²) in [6, 6.07) is 0. The molecule has 0 saturated carbocycles. The number of Topliss-reactive ketones (excluding diaryl/α,β-unsaturated/α-hetero) is 1. The van der Waals surface area contributed by atoms with Gasteiger partial charge in [0.05, 0.1) is 11.3 Å². The number of aromatic nitrogens is 2. The first kappa shape index (κ1) is 16.9. The maximum Gasteiger partial charge on any atom is 0.166 e. The minimum atomic E-state index is 0.265. The van der Waals surface area contributed by atoms with E-state index in [2.05, 4.69) is 18.9 Å². The Morgan fingerprint density at radius 2 is 1.65 bits per heavy atom. The average molecular weight is 278 g/mol. The molecule has 0 aromatic carbocycles. The van der Waals surface area contributed by atoms with Crippen LogP contribution in [0.2, 0.25) is 0 Å². The van der Waals surface area contributed by atoms with Crippen LogP contribution in [-0.2, 0) is 13.5 Å². The zero-order valence-electron chi connectivity index (χ0n) is 13.5. The van der Waals surface area contributed by atoms with Gasteiger partial charge in [-0.05, 0) is 12.8 Å². The lowest BCUT2D eigenvalue weighted by molar-refractivity contribution is 0.0978. The van der Waals surface area contributed by atoms with Gasteiger partial charge in [-0.2, -0.15) is 5.10 Å². The molecule has 1 aromatic rings. The molecule has 3 nitrogen and oxygen atoms in total. The summed E-state index contributed by atoms with van der Waals surface area (Å²) in [7, 11) is 1.88. The Kier molecular flexibility index (Phi) is 8.24. The molecule has 3 heteroatoms. The smallest absolute Gasteiger partial charge is 0.166 e. The van der Waals surface area contributed by atoms with Crippen LogP contribution >= 0.6 is 0 Å². The molecule has 20 heavy (non-hydrogen) atoms. The van der Waals surface area contributed by atoms with Crippen molar-refractivity contribution >= 4 is 5.78 Å². The Hall–Kier alpha value is -1.12. The topological polar surface area (TPSA) is 34.9 Å². The summed E-state index contributed by atoms with van der Waals surface area (Å²) >= 11 is 0. The lowest BCUT2D eigenvalue weighted by Gasteiger charge is -2.02. The van der Waals surface area contributed by atoms with E-state index >= 15 is 0 Å². The number of hydrogen-bond acceptors (Lipinski definition) is 2. The standard InChI is InChI=1S/C17H30N2O/c1-4-6-7-8-9-10-11-12-13-17(20)15-14-19(3)18-16(15)5-2/h14H,4-13H2,1-3H3. The Morgan fingerprint density at radius 1 is 1.05 bits per heavy atom. The number of aryl methyl sites for hydroxylation is 2. The van der Waals surface area contributed by atoms with Crippen LogP contribution in [0.3, 0.4) is 0 Å². The van der Waals surface area contributed by atoms with Crippen molar-refractivity contribution in [3.8, 4) is 0 Å². The van der Waals surface area contributed by atoms with Crippen LogP contribution in [0, 0.1) is 0 Å². The second-order valence-corrected chi connectivity index (χ2v) is 5.66. The van der Waals surface area contributed by atoms with Crippen LogP contribution in [0.15, 0.2) is 6.20 Å². The van der Waals surface area contributed by atoms with E-state index in [-0.39, 0.29) is 5.78 Å². The van der Waals surface area contributed by atoms with Crippen molar-refractivity contribution in [3.05, 3.63) is 17.5 Å². The van der Waals surface area contributed by atoms with Gasteiger partial charge < -0.3 is 0 Å². The van der Waals surface area contributed by atoms with Gasteiger partial charge >= 0.3 is 0 Å². The highest BCUT2D eigenvalue weighted by Crippen LogP contribution is 2.14. The first-order valence-corrected chi connectivity index (χ1v) is 8.24. The molecule has 114 valence electrons. The summed E-state index contributed by atoms with van der Waals surface area (Å²) in [5.41, 5.74) is 1.77. The number of rotatable bonds is 11. The molecule has 0 amide bonds. The van der Waals surface area contributed by atoms with Gasteiger partial charge in [0, 0.05) is 19.7 Å². The van der Waals surface area contributed by atoms with Crippen molar-refractivity contribution in [2.24, 2.45) is 7.05 Å². The minimum Gasteiger partial charge on any atom is -0.294 e. The largest absolute Gasteiger partial charge is 0.294 e. The fraction of sp³-hybridized carbons (Fsp3) is 0.765. The lowest BCUT2D eigenvalue weighted by atomic mass is 10.0. The zero-order valence-corrected chi connectivity index (χ0v) is 13.5. The highest BCUT2D eigenvalue weighted by atomic mass is 16.1. The van der Waals surface area contributed by atoms with Crippen molar-refractivity contribution in [2.75, 3.05) is 0 Å². The van der Waals surface area contributed by atoms with Crippen LogP contribution in [0.25, 0.3) is 0 Å². The van der Waals surface area contributed by atoms with Gasteiger partial charge in [0.25, 0.3) is 0 Å². The molecule has 1 rings (SSSR count). The first-order valence-electron chi connectivity index (χ1n) is 8.24. The minimum absolute atomic E-state index is 0.265. The molecular formula is C17H30N2O. The number of ketones is 1. The number of carbonyl (C=O) groups excluding carboxylic acids is 1. The highest BCUT2D eigenvalue weighted by Gasteiger charge is 2.13. The summed E-state index contributed by atoms with van der Waals surface area (Å²) in [4.78, 5) is 12.2. The first-order chi connectivity index (χ1) is 9.69. The molecule has 0 aliphatic carbocycles. The van der Waals surface area contributed by atoms with Crippen LogP contribution in [-0.4, -0.2) is 15.6 Å². The van der Waals surface area contributed by atoms with E-state index in [1.54, 1.807) is 4.68 Å². The van der Waals surface area contributed by atoms with E-state index in [0.29, 0.717) is 6.42 Å². The Bertz CT molecular complexity index is 396. The van der Waals surface area contributed by atoms with Crippen molar-refractivity contribution in [3.63, 3.8) is 0 Å². The van der Waals surface area contributed by atoms with Crippen LogP contribution in [0.1, 0.15) is 87.7 Å². The predicted molar refractivity (Wildman–Crippen MR) is 84.1 cm³/mol. The number of carbonyl (C=O) groups is 1. The van der Waals surface area contributed by atoms with Gasteiger partial charge in [0.15, 0.2) is 5.78 Å². The van der Waals surface area contributed by atoms with Crippen LogP contribution in [0.4, 0.5) is 0 Å². The number of nitrogens with zero attached hydrogens (tertiary/aromatic N) is 2. The van der Waals surface area contributed by atoms with Gasteiger partial charge in [-0.25, -0.2) is 0 Å². The molecule has 0 bridgehead atoms. The molecule has 0 saturated heterocycles. The van der Waals surface area contributed by atoms with Gasteiger partial charge in [-0.1, -0.05) is 58.8 Å². The monoisotopic (exact) mass is 278 g/mol. The third-order valence-electron chi connectivity index (χ3n) is 3.80. The molecule has 0 fully saturated rings. The molecule has 0 aliphatic heterocycles. The van der Waals surface area contributed by atoms with Crippen LogP contribution < -0.4 is 0 Å². The molecule has 0 radical (unpaired) electrons. The average Bonchev–Trinajstić information content (AvgIpc) is 2.83. The van der Waals surface area contributed by atoms with Crippen molar-refractivity contribution in [1.29, 1.82) is 0 Å². The summed E-state index contributed by atoms with van der Waals surface area (Å²) in [6.45, 7) is 4.30. The van der Waals surface area contributed by atoms with Crippen LogP contribution in [0.5, 0.6) is 0 Å². The maximum atomic E-state index is 12.2. The van der Waals surface area contributed by atoms with Gasteiger partial charge in [0.1, 0.15) is 0 Å². The SMILES string of the molecule is CCCCCCCCCCC(=O)c1cn(C)nc1CC. The lowest BCUT2D eigenvalue weighted by Crippen LogP contribution is -2.01. The van der Waals surface area contributed by atoms with E-state index in [4.69, 9.17) is 0 Å². The summed E-state index contributed by atoms with van der Waals surface area (Å²) in [5.74, 6) is 0.265.